The molecule has 0 fully saturated rings. The first kappa shape index (κ1) is 10.5. The number of aliphatic carboxylic acids is 1. The number of nitrogens with one attached hydrogen (secondary N) is 1. The number of carbonyl (C=O) groups is 2. The molecule has 1 atom stereocenters. The van der Waals surface area contributed by atoms with Crippen molar-refractivity contribution in [1.29, 1.82) is 0 Å². The molecule has 0 radical (unpaired) electrons. The number of hydrogen-bond donors (Lipinski definition) is 2. The summed E-state index contributed by atoms with van der Waals surface area (Å²) in [5.41, 5.74) is 1.21. The Morgan fingerprint density at radius 1 is 1.56 bits per heavy atom. The SMILES string of the molecule is COc1ccc2c(c1)C(=O)N[C@H]2CC(=O)O. The fourth-order valence-corrected chi connectivity index (χ4v) is 1.81. The highest BCUT2D eigenvalue weighted by molar-refractivity contribution is 6.00. The van der Waals surface area contributed by atoms with Crippen LogP contribution in [0.15, 0.2) is 18.2 Å². The van der Waals surface area contributed by atoms with Gasteiger partial charge in [0.25, 0.3) is 5.91 Å². The van der Waals surface area contributed by atoms with Gasteiger partial charge in [0.2, 0.25) is 0 Å². The molecule has 2 rings (SSSR count). The average Bonchev–Trinajstić information content (AvgIpc) is 2.54. The van der Waals surface area contributed by atoms with Crippen LogP contribution in [0.3, 0.4) is 0 Å². The third kappa shape index (κ3) is 1.71. The first-order valence-corrected chi connectivity index (χ1v) is 4.82. The zero-order valence-electron chi connectivity index (χ0n) is 8.69. The molecule has 1 amide bonds. The molecule has 0 saturated carbocycles. The predicted molar refractivity (Wildman–Crippen MR) is 55.5 cm³/mol. The third-order valence-corrected chi connectivity index (χ3v) is 2.56. The molecule has 1 aliphatic heterocycles. The van der Waals surface area contributed by atoms with Crippen LogP contribution in [0, 0.1) is 0 Å². The number of ether oxygens (including phenoxy) is 1. The van der Waals surface area contributed by atoms with E-state index in [1.165, 1.54) is 7.11 Å². The maximum absolute atomic E-state index is 11.6. The summed E-state index contributed by atoms with van der Waals surface area (Å²) in [4.78, 5) is 22.2. The molecule has 0 aliphatic carbocycles. The van der Waals surface area contributed by atoms with Gasteiger partial charge in [0, 0.05) is 5.56 Å². The number of carboxylic acids is 1. The molecule has 1 heterocycles. The number of amides is 1. The summed E-state index contributed by atoms with van der Waals surface area (Å²) in [6, 6.07) is 4.62. The molecule has 1 aliphatic rings. The fraction of sp³-hybridized carbons (Fsp3) is 0.273. The van der Waals surface area contributed by atoms with E-state index in [0.29, 0.717) is 16.9 Å². The molecule has 0 bridgehead atoms. The molecule has 16 heavy (non-hydrogen) atoms. The van der Waals surface area contributed by atoms with Crippen molar-refractivity contribution in [3.63, 3.8) is 0 Å². The maximum atomic E-state index is 11.6. The van der Waals surface area contributed by atoms with E-state index in [1.54, 1.807) is 18.2 Å². The molecule has 1 aromatic carbocycles. The molecule has 0 aromatic heterocycles. The van der Waals surface area contributed by atoms with Crippen molar-refractivity contribution in [2.75, 3.05) is 7.11 Å². The van der Waals surface area contributed by atoms with Gasteiger partial charge in [-0.05, 0) is 17.7 Å². The predicted octanol–water partition coefficient (Wildman–Crippen LogP) is 0.954. The van der Waals surface area contributed by atoms with Crippen LogP contribution >= 0.6 is 0 Å². The van der Waals surface area contributed by atoms with E-state index >= 15 is 0 Å². The summed E-state index contributed by atoms with van der Waals surface area (Å²) in [7, 11) is 1.52. The Bertz CT molecular complexity index is 455. The second-order valence-corrected chi connectivity index (χ2v) is 3.58. The summed E-state index contributed by atoms with van der Waals surface area (Å²) in [5.74, 6) is -0.598. The van der Waals surface area contributed by atoms with Crippen molar-refractivity contribution in [3.8, 4) is 5.75 Å². The van der Waals surface area contributed by atoms with Crippen LogP contribution < -0.4 is 10.1 Å². The van der Waals surface area contributed by atoms with E-state index in [9.17, 15) is 9.59 Å². The third-order valence-electron chi connectivity index (χ3n) is 2.56. The molecule has 0 spiro atoms. The van der Waals surface area contributed by atoms with Crippen molar-refractivity contribution >= 4 is 11.9 Å². The molecular formula is C11H11NO4. The Hall–Kier alpha value is -2.04. The van der Waals surface area contributed by atoms with Gasteiger partial charge >= 0.3 is 5.97 Å². The standard InChI is InChI=1S/C11H11NO4/c1-16-6-2-3-7-8(4-6)11(15)12-9(7)5-10(13)14/h2-4,9H,5H2,1H3,(H,12,15)(H,13,14)/t9-/m0/s1. The normalized spacial score (nSPS) is 17.8. The van der Waals surface area contributed by atoms with Crippen LogP contribution in [-0.4, -0.2) is 24.1 Å². The monoisotopic (exact) mass is 221 g/mol. The van der Waals surface area contributed by atoms with Crippen LogP contribution in [0.1, 0.15) is 28.4 Å². The van der Waals surface area contributed by atoms with Crippen LogP contribution in [0.25, 0.3) is 0 Å². The fourth-order valence-electron chi connectivity index (χ4n) is 1.81. The van der Waals surface area contributed by atoms with Crippen molar-refractivity contribution in [2.45, 2.75) is 12.5 Å². The molecule has 5 nitrogen and oxygen atoms in total. The first-order chi connectivity index (χ1) is 7.61. The number of carbonyl (C=O) groups excluding carboxylic acids is 1. The summed E-state index contributed by atoms with van der Waals surface area (Å²) < 4.78 is 5.01. The summed E-state index contributed by atoms with van der Waals surface area (Å²) in [6.45, 7) is 0. The number of hydrogen-bond acceptors (Lipinski definition) is 3. The minimum atomic E-state index is -0.936. The molecule has 0 saturated heterocycles. The second kappa shape index (κ2) is 3.84. The highest BCUT2D eigenvalue weighted by Gasteiger charge is 2.30. The Morgan fingerprint density at radius 2 is 2.31 bits per heavy atom. The van der Waals surface area contributed by atoms with Gasteiger partial charge in [0.05, 0.1) is 19.6 Å². The second-order valence-electron chi connectivity index (χ2n) is 3.58. The van der Waals surface area contributed by atoms with Gasteiger partial charge in [-0.25, -0.2) is 0 Å². The minimum Gasteiger partial charge on any atom is -0.497 e. The maximum Gasteiger partial charge on any atom is 0.305 e. The zero-order valence-corrected chi connectivity index (χ0v) is 8.69. The number of fused-ring (bicyclic) bond motifs is 1. The Labute approximate surface area is 92.0 Å². The Kier molecular flexibility index (Phi) is 2.52. The van der Waals surface area contributed by atoms with E-state index in [1.807, 2.05) is 0 Å². The number of carboxylic acid groups (broad SMARTS) is 1. The van der Waals surface area contributed by atoms with Gasteiger partial charge in [-0.2, -0.15) is 0 Å². The topological polar surface area (TPSA) is 75.6 Å². The van der Waals surface area contributed by atoms with Crippen LogP contribution in [0.4, 0.5) is 0 Å². The number of methoxy groups -OCH3 is 1. The van der Waals surface area contributed by atoms with Gasteiger partial charge in [-0.3, -0.25) is 9.59 Å². The molecule has 2 N–H and O–H groups in total. The van der Waals surface area contributed by atoms with E-state index in [-0.39, 0.29) is 12.3 Å². The van der Waals surface area contributed by atoms with E-state index < -0.39 is 12.0 Å². The van der Waals surface area contributed by atoms with Gasteiger partial charge in [0.15, 0.2) is 0 Å². The average molecular weight is 221 g/mol. The molecular weight excluding hydrogens is 210 g/mol. The summed E-state index contributed by atoms with van der Waals surface area (Å²) in [6.07, 6.45) is -0.106. The molecule has 1 aromatic rings. The van der Waals surface area contributed by atoms with Crippen molar-refractivity contribution in [1.82, 2.24) is 5.32 Å². The van der Waals surface area contributed by atoms with Gasteiger partial charge in [-0.15, -0.1) is 0 Å². The van der Waals surface area contributed by atoms with Gasteiger partial charge in [0.1, 0.15) is 5.75 Å². The number of rotatable bonds is 3. The summed E-state index contributed by atoms with van der Waals surface area (Å²) >= 11 is 0. The van der Waals surface area contributed by atoms with Crippen LogP contribution in [0.5, 0.6) is 5.75 Å². The van der Waals surface area contributed by atoms with Crippen molar-refractivity contribution < 1.29 is 19.4 Å². The lowest BCUT2D eigenvalue weighted by Gasteiger charge is -2.08. The van der Waals surface area contributed by atoms with Crippen molar-refractivity contribution in [3.05, 3.63) is 29.3 Å². The highest BCUT2D eigenvalue weighted by atomic mass is 16.5. The zero-order chi connectivity index (χ0) is 11.7. The van der Waals surface area contributed by atoms with Crippen LogP contribution in [0.2, 0.25) is 0 Å². The van der Waals surface area contributed by atoms with Gasteiger partial charge in [-0.1, -0.05) is 6.07 Å². The van der Waals surface area contributed by atoms with Gasteiger partial charge < -0.3 is 15.2 Å². The molecule has 0 unspecified atom stereocenters. The smallest absolute Gasteiger partial charge is 0.305 e. The van der Waals surface area contributed by atoms with Crippen molar-refractivity contribution in [2.24, 2.45) is 0 Å². The minimum absolute atomic E-state index is 0.106. The van der Waals surface area contributed by atoms with E-state index in [4.69, 9.17) is 9.84 Å². The van der Waals surface area contributed by atoms with E-state index in [0.717, 1.165) is 0 Å². The van der Waals surface area contributed by atoms with Crippen LogP contribution in [-0.2, 0) is 4.79 Å². The lowest BCUT2D eigenvalue weighted by atomic mass is 10.0. The lowest BCUT2D eigenvalue weighted by Crippen LogP contribution is -2.21. The Morgan fingerprint density at radius 3 is 2.94 bits per heavy atom. The number of benzene rings is 1. The first-order valence-electron chi connectivity index (χ1n) is 4.82. The van der Waals surface area contributed by atoms with E-state index in [2.05, 4.69) is 5.32 Å². The molecule has 5 heteroatoms. The highest BCUT2D eigenvalue weighted by Crippen LogP contribution is 2.30. The summed E-state index contributed by atoms with van der Waals surface area (Å²) in [5, 5.41) is 11.3. The Balaban J connectivity index is 2.36. The quantitative estimate of drug-likeness (QED) is 0.796. The largest absolute Gasteiger partial charge is 0.497 e. The molecule has 84 valence electrons. The lowest BCUT2D eigenvalue weighted by molar-refractivity contribution is -0.137.